The van der Waals surface area contributed by atoms with Crippen LogP contribution in [-0.4, -0.2) is 58.8 Å². The lowest BCUT2D eigenvalue weighted by Gasteiger charge is -2.36. The molecule has 0 spiro atoms. The molecule has 1 aromatic heterocycles. The summed E-state index contributed by atoms with van der Waals surface area (Å²) in [7, 11) is 0. The highest BCUT2D eigenvalue weighted by molar-refractivity contribution is 7.99. The Hall–Kier alpha value is -4.70. The number of nitrogens with one attached hydrogen (secondary N) is 1. The van der Waals surface area contributed by atoms with Gasteiger partial charge in [0.1, 0.15) is 5.82 Å². The minimum absolute atomic E-state index is 0.127. The van der Waals surface area contributed by atoms with E-state index in [0.717, 1.165) is 22.0 Å². The molecule has 206 valence electrons. The topological polar surface area (TPSA) is 91.6 Å². The van der Waals surface area contributed by atoms with E-state index in [0.29, 0.717) is 48.5 Å². The molecule has 1 aliphatic rings. The van der Waals surface area contributed by atoms with Crippen molar-refractivity contribution < 1.29 is 18.4 Å². The summed E-state index contributed by atoms with van der Waals surface area (Å²) >= 11 is 1.18. The van der Waals surface area contributed by atoms with E-state index < -0.39 is 5.82 Å². The Morgan fingerprint density at radius 2 is 1.63 bits per heavy atom. The van der Waals surface area contributed by atoms with E-state index in [-0.39, 0.29) is 17.6 Å². The van der Waals surface area contributed by atoms with Crippen molar-refractivity contribution in [1.82, 2.24) is 15.1 Å². The van der Waals surface area contributed by atoms with E-state index in [2.05, 4.69) is 20.4 Å². The lowest BCUT2D eigenvalue weighted by Crippen LogP contribution is -2.48. The average molecular weight is 568 g/mol. The van der Waals surface area contributed by atoms with Gasteiger partial charge < -0.3 is 19.5 Å². The number of amides is 2. The van der Waals surface area contributed by atoms with Gasteiger partial charge in [-0.05, 0) is 65.4 Å². The van der Waals surface area contributed by atoms with Crippen molar-refractivity contribution in [3.63, 3.8) is 0 Å². The fourth-order valence-electron chi connectivity index (χ4n) is 4.76. The van der Waals surface area contributed by atoms with Crippen LogP contribution in [-0.2, 0) is 4.79 Å². The average Bonchev–Trinajstić information content (AvgIpc) is 3.49. The van der Waals surface area contributed by atoms with E-state index in [1.165, 1.54) is 23.9 Å². The maximum absolute atomic E-state index is 13.5. The third-order valence-corrected chi connectivity index (χ3v) is 7.70. The Bertz CT molecular complexity index is 1700. The normalized spacial score (nSPS) is 13.4. The number of rotatable bonds is 7. The first-order chi connectivity index (χ1) is 20.0. The first-order valence-corrected chi connectivity index (χ1v) is 14.2. The summed E-state index contributed by atoms with van der Waals surface area (Å²) in [6.45, 7) is 2.41. The van der Waals surface area contributed by atoms with Gasteiger partial charge in [-0.1, -0.05) is 48.2 Å². The molecule has 0 unspecified atom stereocenters. The van der Waals surface area contributed by atoms with Crippen LogP contribution in [0.2, 0.25) is 0 Å². The zero-order chi connectivity index (χ0) is 28.2. The van der Waals surface area contributed by atoms with E-state index in [9.17, 15) is 14.0 Å². The Labute approximate surface area is 240 Å². The predicted octanol–water partition coefficient (Wildman–Crippen LogP) is 5.72. The van der Waals surface area contributed by atoms with Crippen LogP contribution in [0.5, 0.6) is 0 Å². The molecule has 0 aliphatic carbocycles. The van der Waals surface area contributed by atoms with Crippen LogP contribution in [0.1, 0.15) is 10.4 Å². The highest BCUT2D eigenvalue weighted by atomic mass is 32.2. The third kappa shape index (κ3) is 6.22. The van der Waals surface area contributed by atoms with Crippen molar-refractivity contribution in [3.8, 4) is 11.5 Å². The van der Waals surface area contributed by atoms with Gasteiger partial charge in [0, 0.05) is 48.7 Å². The molecule has 6 rings (SSSR count). The number of hydrogen-bond donors (Lipinski definition) is 1. The molecule has 0 bridgehead atoms. The van der Waals surface area contributed by atoms with E-state index >= 15 is 0 Å². The lowest BCUT2D eigenvalue weighted by atomic mass is 10.1. The standard InChI is InChI=1S/C31H26FN5O3S/c32-25-7-3-6-24(19-25)30(39)37-16-14-36(15-17-37)27-12-10-26(11-13-27)33-28(38)20-41-31-35-34-29(40-31)23-9-8-21-4-1-2-5-22(21)18-23/h1-13,18-19H,14-17,20H2,(H,33,38). The van der Waals surface area contributed by atoms with Gasteiger partial charge in [-0.25, -0.2) is 4.39 Å². The Balaban J connectivity index is 0.982. The van der Waals surface area contributed by atoms with Gasteiger partial charge in [-0.2, -0.15) is 0 Å². The van der Waals surface area contributed by atoms with Crippen LogP contribution in [0, 0.1) is 5.82 Å². The largest absolute Gasteiger partial charge is 0.411 e. The van der Waals surface area contributed by atoms with Crippen LogP contribution in [0.4, 0.5) is 15.8 Å². The van der Waals surface area contributed by atoms with Crippen LogP contribution in [0.25, 0.3) is 22.2 Å². The molecule has 1 N–H and O–H groups in total. The summed E-state index contributed by atoms with van der Waals surface area (Å²) in [6.07, 6.45) is 0. The molecule has 8 nitrogen and oxygen atoms in total. The van der Waals surface area contributed by atoms with Crippen LogP contribution >= 0.6 is 11.8 Å². The fraction of sp³-hybridized carbons (Fsp3) is 0.161. The minimum atomic E-state index is -0.416. The molecule has 2 amide bonds. The summed E-state index contributed by atoms with van der Waals surface area (Å²) in [6, 6.07) is 27.4. The van der Waals surface area contributed by atoms with Crippen molar-refractivity contribution in [3.05, 3.63) is 102 Å². The smallest absolute Gasteiger partial charge is 0.277 e. The fourth-order valence-corrected chi connectivity index (χ4v) is 5.32. The molecule has 1 fully saturated rings. The number of piperazine rings is 1. The SMILES string of the molecule is O=C(CSc1nnc(-c2ccc3ccccc3c2)o1)Nc1ccc(N2CCN(C(=O)c3cccc(F)c3)CC2)cc1. The van der Waals surface area contributed by atoms with Gasteiger partial charge in [0.2, 0.25) is 11.8 Å². The number of thioether (sulfide) groups is 1. The summed E-state index contributed by atoms with van der Waals surface area (Å²) < 4.78 is 19.3. The molecule has 1 aliphatic heterocycles. The molecule has 1 saturated heterocycles. The Morgan fingerprint density at radius 3 is 2.41 bits per heavy atom. The van der Waals surface area contributed by atoms with E-state index in [1.807, 2.05) is 66.7 Å². The summed E-state index contributed by atoms with van der Waals surface area (Å²) in [4.78, 5) is 29.1. The van der Waals surface area contributed by atoms with Crippen LogP contribution in [0.3, 0.4) is 0 Å². The van der Waals surface area contributed by atoms with E-state index in [1.54, 1.807) is 17.0 Å². The minimum Gasteiger partial charge on any atom is -0.411 e. The highest BCUT2D eigenvalue weighted by Gasteiger charge is 2.22. The van der Waals surface area contributed by atoms with E-state index in [4.69, 9.17) is 4.42 Å². The monoisotopic (exact) mass is 567 g/mol. The van der Waals surface area contributed by atoms with Crippen molar-refractivity contribution in [2.45, 2.75) is 5.22 Å². The number of carbonyl (C=O) groups is 2. The van der Waals surface area contributed by atoms with Gasteiger partial charge >= 0.3 is 0 Å². The first-order valence-electron chi connectivity index (χ1n) is 13.2. The zero-order valence-electron chi connectivity index (χ0n) is 22.0. The second kappa shape index (κ2) is 11.8. The molecule has 2 heterocycles. The number of halogens is 1. The number of benzene rings is 4. The van der Waals surface area contributed by atoms with Gasteiger partial charge in [0.05, 0.1) is 5.75 Å². The molecular formula is C31H26FN5O3S. The van der Waals surface area contributed by atoms with Crippen LogP contribution in [0.15, 0.2) is 101 Å². The second-order valence-electron chi connectivity index (χ2n) is 9.61. The van der Waals surface area contributed by atoms with Crippen molar-refractivity contribution in [1.29, 1.82) is 0 Å². The molecule has 10 heteroatoms. The number of carbonyl (C=O) groups excluding carboxylic acids is 2. The molecule has 0 atom stereocenters. The van der Waals surface area contributed by atoms with Crippen LogP contribution < -0.4 is 10.2 Å². The summed E-state index contributed by atoms with van der Waals surface area (Å²) in [5, 5.41) is 13.6. The molecule has 5 aromatic rings. The second-order valence-corrected chi connectivity index (χ2v) is 10.5. The zero-order valence-corrected chi connectivity index (χ0v) is 22.8. The summed E-state index contributed by atoms with van der Waals surface area (Å²) in [5.74, 6) is -0.222. The maximum atomic E-state index is 13.5. The highest BCUT2D eigenvalue weighted by Crippen LogP contribution is 2.27. The lowest BCUT2D eigenvalue weighted by molar-refractivity contribution is -0.113. The number of nitrogens with zero attached hydrogens (tertiary/aromatic N) is 4. The first kappa shape index (κ1) is 26.5. The number of fused-ring (bicyclic) bond motifs is 1. The summed E-state index contributed by atoms with van der Waals surface area (Å²) in [5.41, 5.74) is 2.87. The molecule has 0 radical (unpaired) electrons. The van der Waals surface area contributed by atoms with Gasteiger partial charge in [-0.15, -0.1) is 10.2 Å². The van der Waals surface area contributed by atoms with Crippen molar-refractivity contribution >= 4 is 45.7 Å². The third-order valence-electron chi connectivity index (χ3n) is 6.88. The van der Waals surface area contributed by atoms with Gasteiger partial charge in [0.15, 0.2) is 0 Å². The number of aromatic nitrogens is 2. The molecule has 4 aromatic carbocycles. The number of hydrogen-bond acceptors (Lipinski definition) is 7. The maximum Gasteiger partial charge on any atom is 0.277 e. The predicted molar refractivity (Wildman–Crippen MR) is 158 cm³/mol. The molecule has 0 saturated carbocycles. The Kier molecular flexibility index (Phi) is 7.64. The molecule has 41 heavy (non-hydrogen) atoms. The van der Waals surface area contributed by atoms with Gasteiger partial charge in [0.25, 0.3) is 11.1 Å². The van der Waals surface area contributed by atoms with Crippen molar-refractivity contribution in [2.24, 2.45) is 0 Å². The number of anilines is 2. The Morgan fingerprint density at radius 1 is 0.854 bits per heavy atom. The molecular weight excluding hydrogens is 541 g/mol. The van der Waals surface area contributed by atoms with Gasteiger partial charge in [-0.3, -0.25) is 9.59 Å². The quantitative estimate of drug-likeness (QED) is 0.252. The van der Waals surface area contributed by atoms with Crippen molar-refractivity contribution in [2.75, 3.05) is 42.1 Å².